The van der Waals surface area contributed by atoms with Crippen molar-refractivity contribution in [1.29, 1.82) is 0 Å². The van der Waals surface area contributed by atoms with Crippen LogP contribution >= 0.6 is 39.9 Å². The summed E-state index contributed by atoms with van der Waals surface area (Å²) in [7, 11) is 0. The Morgan fingerprint density at radius 2 is 1.96 bits per heavy atom. The van der Waals surface area contributed by atoms with Gasteiger partial charge in [0, 0.05) is 41.5 Å². The van der Waals surface area contributed by atoms with Gasteiger partial charge >= 0.3 is 0 Å². The summed E-state index contributed by atoms with van der Waals surface area (Å²) < 4.78 is 1.09. The quantitative estimate of drug-likeness (QED) is 0.310. The highest BCUT2D eigenvalue weighted by molar-refractivity contribution is 14.0. The van der Waals surface area contributed by atoms with E-state index in [4.69, 9.17) is 4.99 Å². The summed E-state index contributed by atoms with van der Waals surface area (Å²) in [5, 5.41) is 6.85. The van der Waals surface area contributed by atoms with E-state index in [1.54, 1.807) is 0 Å². The van der Waals surface area contributed by atoms with Crippen molar-refractivity contribution in [1.82, 2.24) is 15.5 Å². The van der Waals surface area contributed by atoms with Crippen molar-refractivity contribution in [2.24, 2.45) is 10.9 Å². The zero-order chi connectivity index (χ0) is 20.0. The highest BCUT2D eigenvalue weighted by Gasteiger charge is 2.28. The highest BCUT2D eigenvalue weighted by atomic mass is 127. The molecule has 28 heavy (non-hydrogen) atoms. The minimum Gasteiger partial charge on any atom is -0.357 e. The van der Waals surface area contributed by atoms with E-state index >= 15 is 0 Å². The molecule has 0 bridgehead atoms. The molecule has 2 N–H and O–H groups in total. The Kier molecular flexibility index (Phi) is 10.2. The number of nitrogens with zero attached hydrogens (tertiary/aromatic N) is 2. The molecule has 1 amide bonds. The summed E-state index contributed by atoms with van der Waals surface area (Å²) in [6.07, 6.45) is 0.957. The molecule has 0 saturated carbocycles. The minimum atomic E-state index is -0.0572. The van der Waals surface area contributed by atoms with Gasteiger partial charge in [0.1, 0.15) is 0 Å². The third kappa shape index (κ3) is 7.21. The van der Waals surface area contributed by atoms with Crippen LogP contribution in [0.2, 0.25) is 0 Å². The second-order valence-corrected chi connectivity index (χ2v) is 9.07. The van der Waals surface area contributed by atoms with Crippen LogP contribution in [0.1, 0.15) is 46.6 Å². The Bertz CT molecular complexity index is 661. The van der Waals surface area contributed by atoms with Crippen LogP contribution in [0, 0.1) is 5.92 Å². The van der Waals surface area contributed by atoms with Gasteiger partial charge in [-0.15, -0.1) is 24.0 Å². The summed E-state index contributed by atoms with van der Waals surface area (Å²) in [5.74, 6) is 1.11. The molecule has 1 atom stereocenters. The van der Waals surface area contributed by atoms with E-state index in [9.17, 15) is 4.79 Å². The standard InChI is InChI=1S/C21H33BrN4O.HI/c1-6-23-20(25-18-11-12-26(13-18)19(27)15(2)3)24-14-21(4,5)16-7-9-17(22)10-8-16;/h7-10,15,18H,6,11-14H2,1-5H3,(H2,23,24,25);1H. The molecule has 0 aliphatic carbocycles. The van der Waals surface area contributed by atoms with E-state index in [0.29, 0.717) is 6.54 Å². The molecule has 1 saturated heterocycles. The number of hydrogen-bond donors (Lipinski definition) is 2. The van der Waals surface area contributed by atoms with Crippen LogP contribution in [-0.2, 0) is 10.2 Å². The molecule has 0 radical (unpaired) electrons. The monoisotopic (exact) mass is 564 g/mol. The number of likely N-dealkylation sites (tertiary alicyclic amines) is 1. The lowest BCUT2D eigenvalue weighted by atomic mass is 9.85. The molecule has 7 heteroatoms. The Labute approximate surface area is 195 Å². The second kappa shape index (κ2) is 11.4. The predicted molar refractivity (Wildman–Crippen MR) is 132 cm³/mol. The van der Waals surface area contributed by atoms with Crippen LogP contribution in [0.4, 0.5) is 0 Å². The molecule has 1 fully saturated rings. The van der Waals surface area contributed by atoms with Gasteiger partial charge in [0.15, 0.2) is 5.96 Å². The first-order valence-electron chi connectivity index (χ1n) is 9.82. The lowest BCUT2D eigenvalue weighted by molar-refractivity contribution is -0.133. The number of hydrogen-bond acceptors (Lipinski definition) is 2. The molecule has 2 rings (SSSR count). The van der Waals surface area contributed by atoms with Crippen LogP contribution in [0.15, 0.2) is 33.7 Å². The number of halogens is 2. The molecule has 1 aromatic carbocycles. The smallest absolute Gasteiger partial charge is 0.225 e. The molecular formula is C21H34BrIN4O. The van der Waals surface area contributed by atoms with Gasteiger partial charge in [-0.05, 0) is 31.0 Å². The van der Waals surface area contributed by atoms with Gasteiger partial charge < -0.3 is 15.5 Å². The summed E-state index contributed by atoms with van der Waals surface area (Å²) >= 11 is 3.49. The maximum atomic E-state index is 12.2. The van der Waals surface area contributed by atoms with E-state index in [0.717, 1.165) is 36.5 Å². The summed E-state index contributed by atoms with van der Waals surface area (Å²) in [4.78, 5) is 19.0. The molecule has 1 heterocycles. The fourth-order valence-corrected chi connectivity index (χ4v) is 3.49. The average Bonchev–Trinajstić information content (AvgIpc) is 3.08. The van der Waals surface area contributed by atoms with E-state index in [-0.39, 0.29) is 47.3 Å². The van der Waals surface area contributed by atoms with E-state index < -0.39 is 0 Å². The zero-order valence-electron chi connectivity index (χ0n) is 17.6. The summed E-state index contributed by atoms with van der Waals surface area (Å²) in [6, 6.07) is 8.69. The average molecular weight is 565 g/mol. The van der Waals surface area contributed by atoms with Crippen LogP contribution in [-0.4, -0.2) is 49.0 Å². The number of aliphatic imine (C=N–C) groups is 1. The number of nitrogens with one attached hydrogen (secondary N) is 2. The topological polar surface area (TPSA) is 56.7 Å². The Morgan fingerprint density at radius 3 is 2.54 bits per heavy atom. The van der Waals surface area contributed by atoms with Gasteiger partial charge in [0.25, 0.3) is 0 Å². The minimum absolute atomic E-state index is 0. The third-order valence-electron chi connectivity index (χ3n) is 4.94. The molecule has 1 aliphatic heterocycles. The molecule has 0 spiro atoms. The van der Waals surface area contributed by atoms with E-state index in [1.165, 1.54) is 5.56 Å². The van der Waals surface area contributed by atoms with Crippen LogP contribution in [0.5, 0.6) is 0 Å². The molecule has 5 nitrogen and oxygen atoms in total. The Morgan fingerprint density at radius 1 is 1.32 bits per heavy atom. The fourth-order valence-electron chi connectivity index (χ4n) is 3.23. The summed E-state index contributed by atoms with van der Waals surface area (Å²) in [6.45, 7) is 13.5. The first-order chi connectivity index (χ1) is 12.7. The van der Waals surface area contributed by atoms with Gasteiger partial charge in [-0.1, -0.05) is 55.8 Å². The Hall–Kier alpha value is -0.830. The lowest BCUT2D eigenvalue weighted by Crippen LogP contribution is -2.45. The van der Waals surface area contributed by atoms with Crippen molar-refractivity contribution < 1.29 is 4.79 Å². The third-order valence-corrected chi connectivity index (χ3v) is 5.47. The second-order valence-electron chi connectivity index (χ2n) is 8.15. The van der Waals surface area contributed by atoms with Gasteiger partial charge in [0.05, 0.1) is 6.54 Å². The maximum absolute atomic E-state index is 12.2. The van der Waals surface area contributed by atoms with Crippen molar-refractivity contribution in [2.45, 2.75) is 52.5 Å². The van der Waals surface area contributed by atoms with Gasteiger partial charge in [-0.2, -0.15) is 0 Å². The molecule has 1 unspecified atom stereocenters. The van der Waals surface area contributed by atoms with Crippen molar-refractivity contribution in [3.63, 3.8) is 0 Å². The molecule has 1 aliphatic rings. The number of amides is 1. The molecule has 0 aromatic heterocycles. The van der Waals surface area contributed by atoms with Crippen molar-refractivity contribution in [2.75, 3.05) is 26.2 Å². The van der Waals surface area contributed by atoms with Gasteiger partial charge in [-0.25, -0.2) is 0 Å². The van der Waals surface area contributed by atoms with Gasteiger partial charge in [0.2, 0.25) is 5.91 Å². The summed E-state index contributed by atoms with van der Waals surface area (Å²) in [5.41, 5.74) is 1.21. The highest BCUT2D eigenvalue weighted by Crippen LogP contribution is 2.25. The molecular weight excluding hydrogens is 531 g/mol. The van der Waals surface area contributed by atoms with Crippen LogP contribution in [0.3, 0.4) is 0 Å². The number of carbonyl (C=O) groups excluding carboxylic acids is 1. The fraction of sp³-hybridized carbons (Fsp3) is 0.619. The normalized spacial score (nSPS) is 17.5. The van der Waals surface area contributed by atoms with E-state index in [2.05, 4.69) is 71.6 Å². The van der Waals surface area contributed by atoms with Crippen LogP contribution < -0.4 is 10.6 Å². The number of carbonyl (C=O) groups is 1. The first kappa shape index (κ1) is 25.2. The SMILES string of the molecule is CCNC(=NCC(C)(C)c1ccc(Br)cc1)NC1CCN(C(=O)C(C)C)C1.I. The number of benzene rings is 1. The molecule has 1 aromatic rings. The zero-order valence-corrected chi connectivity index (χ0v) is 21.5. The van der Waals surface area contributed by atoms with Crippen LogP contribution in [0.25, 0.3) is 0 Å². The predicted octanol–water partition coefficient (Wildman–Crippen LogP) is 4.16. The number of rotatable bonds is 6. The molecule has 158 valence electrons. The van der Waals surface area contributed by atoms with Gasteiger partial charge in [-0.3, -0.25) is 9.79 Å². The van der Waals surface area contributed by atoms with Crippen molar-refractivity contribution >= 4 is 51.8 Å². The lowest BCUT2D eigenvalue weighted by Gasteiger charge is -2.25. The first-order valence-corrected chi connectivity index (χ1v) is 10.6. The number of guanidine groups is 1. The van der Waals surface area contributed by atoms with Crippen molar-refractivity contribution in [3.05, 3.63) is 34.3 Å². The van der Waals surface area contributed by atoms with Crippen molar-refractivity contribution in [3.8, 4) is 0 Å². The largest absolute Gasteiger partial charge is 0.357 e. The Balaban J connectivity index is 0.00000392. The van der Waals surface area contributed by atoms with E-state index in [1.807, 2.05) is 18.7 Å². The maximum Gasteiger partial charge on any atom is 0.225 e.